The summed E-state index contributed by atoms with van der Waals surface area (Å²) < 4.78 is 22.0. The molecule has 2 atom stereocenters. The van der Waals surface area contributed by atoms with E-state index in [-0.39, 0.29) is 11.7 Å². The Morgan fingerprint density at radius 1 is 1.43 bits per heavy atom. The van der Waals surface area contributed by atoms with Gasteiger partial charge in [-0.15, -0.1) is 0 Å². The molecule has 0 aromatic heterocycles. The predicted molar refractivity (Wildman–Crippen MR) is 55.9 cm³/mol. The van der Waals surface area contributed by atoms with Gasteiger partial charge in [0.05, 0.1) is 11.9 Å². The molecule has 0 aliphatic carbocycles. The molecule has 1 aliphatic rings. The number of hydrogen-bond donors (Lipinski definition) is 2. The van der Waals surface area contributed by atoms with Crippen molar-refractivity contribution in [3.8, 4) is 0 Å². The summed E-state index contributed by atoms with van der Waals surface area (Å²) >= 11 is 0. The summed E-state index contributed by atoms with van der Waals surface area (Å²) in [5, 5.41) is 13.0. The maximum absolute atomic E-state index is 11.0. The molecule has 0 amide bonds. The van der Waals surface area contributed by atoms with Crippen molar-refractivity contribution in [2.45, 2.75) is 25.4 Å². The molecule has 1 rings (SSSR count). The van der Waals surface area contributed by atoms with Gasteiger partial charge in [0.1, 0.15) is 9.84 Å². The van der Waals surface area contributed by atoms with E-state index < -0.39 is 15.9 Å². The number of aliphatic hydroxyl groups excluding tert-OH is 1. The van der Waals surface area contributed by atoms with Gasteiger partial charge in [-0.05, 0) is 38.3 Å². The normalized spacial score (nSPS) is 26.9. The van der Waals surface area contributed by atoms with E-state index in [9.17, 15) is 13.5 Å². The zero-order valence-electron chi connectivity index (χ0n) is 8.57. The standard InChI is InChI=1S/C9H19NO3S/c1-14(12,13)7-9(11)8-3-2-5-10-6-4-8/h8-11H,2-7H2,1H3. The molecule has 0 radical (unpaired) electrons. The number of sulfone groups is 1. The number of rotatable bonds is 3. The van der Waals surface area contributed by atoms with E-state index in [1.54, 1.807) is 0 Å². The zero-order valence-corrected chi connectivity index (χ0v) is 9.39. The van der Waals surface area contributed by atoms with Crippen LogP contribution in [0.15, 0.2) is 0 Å². The molecular formula is C9H19NO3S. The Morgan fingerprint density at radius 3 is 2.79 bits per heavy atom. The largest absolute Gasteiger partial charge is 0.392 e. The lowest BCUT2D eigenvalue weighted by Gasteiger charge is -2.19. The third kappa shape index (κ3) is 4.39. The summed E-state index contributed by atoms with van der Waals surface area (Å²) in [5.74, 6) is 0.0391. The van der Waals surface area contributed by atoms with Crippen molar-refractivity contribution in [1.82, 2.24) is 5.32 Å². The Balaban J connectivity index is 2.45. The Morgan fingerprint density at radius 2 is 2.14 bits per heavy atom. The summed E-state index contributed by atoms with van der Waals surface area (Å²) in [6.45, 7) is 1.85. The fraction of sp³-hybridized carbons (Fsp3) is 1.00. The lowest BCUT2D eigenvalue weighted by molar-refractivity contribution is 0.120. The summed E-state index contributed by atoms with van der Waals surface area (Å²) in [5.41, 5.74) is 0. The third-order valence-corrected chi connectivity index (χ3v) is 3.59. The van der Waals surface area contributed by atoms with E-state index in [0.29, 0.717) is 0 Å². The highest BCUT2D eigenvalue weighted by atomic mass is 32.2. The molecule has 1 aliphatic heterocycles. The second-order valence-electron chi connectivity index (χ2n) is 4.10. The van der Waals surface area contributed by atoms with E-state index >= 15 is 0 Å². The minimum atomic E-state index is -3.06. The fourth-order valence-electron chi connectivity index (χ4n) is 1.88. The molecular weight excluding hydrogens is 202 g/mol. The van der Waals surface area contributed by atoms with Crippen molar-refractivity contribution in [3.05, 3.63) is 0 Å². The van der Waals surface area contributed by atoms with E-state index in [0.717, 1.165) is 32.4 Å². The van der Waals surface area contributed by atoms with Crippen LogP contribution in [0.5, 0.6) is 0 Å². The first-order chi connectivity index (χ1) is 6.49. The molecule has 2 N–H and O–H groups in total. The molecule has 0 aromatic rings. The van der Waals surface area contributed by atoms with Gasteiger partial charge in [-0.25, -0.2) is 8.42 Å². The quantitative estimate of drug-likeness (QED) is 0.691. The highest BCUT2D eigenvalue weighted by molar-refractivity contribution is 7.90. The van der Waals surface area contributed by atoms with Gasteiger partial charge in [0.25, 0.3) is 0 Å². The number of hydrogen-bond acceptors (Lipinski definition) is 4. The van der Waals surface area contributed by atoms with Gasteiger partial charge in [-0.2, -0.15) is 0 Å². The maximum atomic E-state index is 11.0. The highest BCUT2D eigenvalue weighted by Gasteiger charge is 2.23. The van der Waals surface area contributed by atoms with E-state index in [2.05, 4.69) is 5.32 Å². The van der Waals surface area contributed by atoms with Crippen molar-refractivity contribution in [2.75, 3.05) is 25.1 Å². The van der Waals surface area contributed by atoms with Crippen LogP contribution in [0.1, 0.15) is 19.3 Å². The summed E-state index contributed by atoms with van der Waals surface area (Å²) in [7, 11) is -3.06. The smallest absolute Gasteiger partial charge is 0.150 e. The van der Waals surface area contributed by atoms with Crippen LogP contribution in [0.4, 0.5) is 0 Å². The van der Waals surface area contributed by atoms with Crippen LogP contribution in [0.3, 0.4) is 0 Å². The van der Waals surface area contributed by atoms with E-state index in [1.807, 2.05) is 0 Å². The van der Waals surface area contributed by atoms with E-state index in [1.165, 1.54) is 6.26 Å². The number of nitrogens with one attached hydrogen (secondary N) is 1. The second-order valence-corrected chi connectivity index (χ2v) is 6.29. The monoisotopic (exact) mass is 221 g/mol. The zero-order chi connectivity index (χ0) is 10.6. The average Bonchev–Trinajstić information content (AvgIpc) is 2.27. The SMILES string of the molecule is CS(=O)(=O)CC(O)C1CCCNCC1. The van der Waals surface area contributed by atoms with Crippen LogP contribution < -0.4 is 5.32 Å². The molecule has 84 valence electrons. The molecule has 0 spiro atoms. The minimum Gasteiger partial charge on any atom is -0.392 e. The molecule has 0 aromatic carbocycles. The van der Waals surface area contributed by atoms with Crippen molar-refractivity contribution in [1.29, 1.82) is 0 Å². The topological polar surface area (TPSA) is 66.4 Å². The summed E-state index contributed by atoms with van der Waals surface area (Å²) in [4.78, 5) is 0. The minimum absolute atomic E-state index is 0.0995. The molecule has 14 heavy (non-hydrogen) atoms. The van der Waals surface area contributed by atoms with Crippen molar-refractivity contribution >= 4 is 9.84 Å². The maximum Gasteiger partial charge on any atom is 0.150 e. The van der Waals surface area contributed by atoms with Gasteiger partial charge in [0.2, 0.25) is 0 Å². The van der Waals surface area contributed by atoms with Gasteiger partial charge < -0.3 is 10.4 Å². The van der Waals surface area contributed by atoms with Gasteiger partial charge in [0.15, 0.2) is 0 Å². The van der Waals surface area contributed by atoms with Crippen LogP contribution in [0.25, 0.3) is 0 Å². The number of aliphatic hydroxyl groups is 1. The summed E-state index contributed by atoms with van der Waals surface area (Å²) in [6.07, 6.45) is 3.29. The first-order valence-corrected chi connectivity index (χ1v) is 7.11. The molecule has 4 nitrogen and oxygen atoms in total. The van der Waals surface area contributed by atoms with Gasteiger partial charge in [-0.1, -0.05) is 0 Å². The molecule has 0 saturated carbocycles. The molecule has 5 heteroatoms. The highest BCUT2D eigenvalue weighted by Crippen LogP contribution is 2.18. The van der Waals surface area contributed by atoms with Crippen molar-refractivity contribution < 1.29 is 13.5 Å². The first kappa shape index (κ1) is 11.9. The molecule has 1 heterocycles. The van der Waals surface area contributed by atoms with Gasteiger partial charge in [0, 0.05) is 6.26 Å². The van der Waals surface area contributed by atoms with E-state index in [4.69, 9.17) is 0 Å². The Bertz CT molecular complexity index is 255. The lowest BCUT2D eigenvalue weighted by Crippen LogP contribution is -2.29. The van der Waals surface area contributed by atoms with Crippen LogP contribution >= 0.6 is 0 Å². The first-order valence-electron chi connectivity index (χ1n) is 5.05. The lowest BCUT2D eigenvalue weighted by atomic mass is 9.95. The summed E-state index contributed by atoms with van der Waals surface area (Å²) in [6, 6.07) is 0. The molecule has 0 bridgehead atoms. The second kappa shape index (κ2) is 5.09. The van der Waals surface area contributed by atoms with Gasteiger partial charge >= 0.3 is 0 Å². The Kier molecular flexibility index (Phi) is 4.34. The molecule has 1 fully saturated rings. The van der Waals surface area contributed by atoms with Crippen LogP contribution in [0.2, 0.25) is 0 Å². The van der Waals surface area contributed by atoms with Crippen LogP contribution in [-0.2, 0) is 9.84 Å². The average molecular weight is 221 g/mol. The fourth-order valence-corrected chi connectivity index (χ4v) is 2.77. The van der Waals surface area contributed by atoms with Crippen molar-refractivity contribution in [2.24, 2.45) is 5.92 Å². The molecule has 2 unspecified atom stereocenters. The molecule has 1 saturated heterocycles. The van der Waals surface area contributed by atoms with Crippen LogP contribution in [-0.4, -0.2) is 44.7 Å². The third-order valence-electron chi connectivity index (χ3n) is 2.64. The van der Waals surface area contributed by atoms with Gasteiger partial charge in [-0.3, -0.25) is 0 Å². The Hall–Kier alpha value is -0.130. The predicted octanol–water partition coefficient (Wildman–Crippen LogP) is -0.218. The van der Waals surface area contributed by atoms with Crippen LogP contribution in [0, 0.1) is 5.92 Å². The van der Waals surface area contributed by atoms with Crippen molar-refractivity contribution in [3.63, 3.8) is 0 Å². The Labute approximate surface area is 85.6 Å².